The number of aliphatic carboxylic acids is 1. The van der Waals surface area contributed by atoms with Crippen molar-refractivity contribution >= 4 is 11.9 Å². The van der Waals surface area contributed by atoms with Gasteiger partial charge < -0.3 is 10.4 Å². The van der Waals surface area contributed by atoms with Gasteiger partial charge in [0.05, 0.1) is 0 Å². The maximum atomic E-state index is 12.3. The Hall–Kier alpha value is -1.85. The van der Waals surface area contributed by atoms with E-state index in [0.29, 0.717) is 19.3 Å². The Morgan fingerprint density at radius 2 is 2.16 bits per heavy atom. The van der Waals surface area contributed by atoms with E-state index in [1.165, 1.54) is 0 Å². The van der Waals surface area contributed by atoms with E-state index < -0.39 is 17.6 Å². The fourth-order valence-electron chi connectivity index (χ4n) is 2.65. The van der Waals surface area contributed by atoms with Crippen molar-refractivity contribution in [2.24, 2.45) is 0 Å². The number of carboxylic acids is 1. The van der Waals surface area contributed by atoms with Crippen molar-refractivity contribution in [2.45, 2.75) is 50.6 Å². The first-order valence-corrected chi connectivity index (χ1v) is 6.63. The van der Waals surface area contributed by atoms with Crippen molar-refractivity contribution in [3.63, 3.8) is 0 Å². The second kappa shape index (κ2) is 5.42. The molecule has 0 saturated heterocycles. The van der Waals surface area contributed by atoms with Crippen LogP contribution in [0.25, 0.3) is 0 Å². The standard InChI is InChI=1S/C13H19N3O3/c1-2-10(16-9-5-8-14-16)11(17)15-13(12(18)19)6-3-4-7-13/h5,8-10H,2-4,6-7H2,1H3,(H,15,17)(H,18,19). The van der Waals surface area contributed by atoms with Gasteiger partial charge >= 0.3 is 5.97 Å². The van der Waals surface area contributed by atoms with Crippen LogP contribution in [0.5, 0.6) is 0 Å². The summed E-state index contributed by atoms with van der Waals surface area (Å²) >= 11 is 0. The normalized spacial score (nSPS) is 19.0. The highest BCUT2D eigenvalue weighted by Crippen LogP contribution is 2.30. The number of nitrogens with zero attached hydrogens (tertiary/aromatic N) is 2. The lowest BCUT2D eigenvalue weighted by atomic mass is 9.97. The first-order valence-electron chi connectivity index (χ1n) is 6.63. The zero-order valence-electron chi connectivity index (χ0n) is 11.0. The van der Waals surface area contributed by atoms with E-state index in [9.17, 15) is 14.7 Å². The van der Waals surface area contributed by atoms with Gasteiger partial charge in [0.25, 0.3) is 0 Å². The van der Waals surface area contributed by atoms with Gasteiger partial charge in [-0.1, -0.05) is 19.8 Å². The maximum Gasteiger partial charge on any atom is 0.329 e. The molecule has 0 bridgehead atoms. The van der Waals surface area contributed by atoms with Crippen LogP contribution in [0.3, 0.4) is 0 Å². The third-order valence-electron chi connectivity index (χ3n) is 3.76. The van der Waals surface area contributed by atoms with Gasteiger partial charge in [-0.15, -0.1) is 0 Å². The Morgan fingerprint density at radius 3 is 2.63 bits per heavy atom. The highest BCUT2D eigenvalue weighted by molar-refractivity contribution is 5.89. The van der Waals surface area contributed by atoms with Crippen LogP contribution in [-0.2, 0) is 9.59 Å². The van der Waals surface area contributed by atoms with E-state index in [1.807, 2.05) is 6.92 Å². The van der Waals surface area contributed by atoms with Gasteiger partial charge in [0.1, 0.15) is 11.6 Å². The second-order valence-corrected chi connectivity index (χ2v) is 4.99. The molecule has 1 aromatic rings. The smallest absolute Gasteiger partial charge is 0.329 e. The second-order valence-electron chi connectivity index (χ2n) is 4.99. The van der Waals surface area contributed by atoms with Crippen LogP contribution in [0.2, 0.25) is 0 Å². The molecule has 1 aromatic heterocycles. The number of carbonyl (C=O) groups excluding carboxylic acids is 1. The summed E-state index contributed by atoms with van der Waals surface area (Å²) in [7, 11) is 0. The van der Waals surface area contributed by atoms with Crippen molar-refractivity contribution in [2.75, 3.05) is 0 Å². The lowest BCUT2D eigenvalue weighted by Gasteiger charge is -2.27. The third-order valence-corrected chi connectivity index (χ3v) is 3.76. The molecule has 104 valence electrons. The fraction of sp³-hybridized carbons (Fsp3) is 0.615. The molecule has 0 aliphatic heterocycles. The molecule has 0 radical (unpaired) electrons. The van der Waals surface area contributed by atoms with Gasteiger partial charge in [0, 0.05) is 12.4 Å². The van der Waals surface area contributed by atoms with E-state index >= 15 is 0 Å². The average molecular weight is 265 g/mol. The van der Waals surface area contributed by atoms with E-state index in [2.05, 4.69) is 10.4 Å². The molecule has 6 nitrogen and oxygen atoms in total. The van der Waals surface area contributed by atoms with Crippen LogP contribution in [0, 0.1) is 0 Å². The molecule has 1 atom stereocenters. The van der Waals surface area contributed by atoms with Crippen molar-refractivity contribution in [1.29, 1.82) is 0 Å². The summed E-state index contributed by atoms with van der Waals surface area (Å²) in [4.78, 5) is 23.7. The Balaban J connectivity index is 2.13. The molecule has 1 aliphatic carbocycles. The van der Waals surface area contributed by atoms with Crippen molar-refractivity contribution < 1.29 is 14.7 Å². The number of hydrogen-bond donors (Lipinski definition) is 2. The average Bonchev–Trinajstić information content (AvgIpc) is 3.01. The number of hydrogen-bond acceptors (Lipinski definition) is 3. The molecule has 2 rings (SSSR count). The largest absolute Gasteiger partial charge is 0.480 e. The predicted molar refractivity (Wildman–Crippen MR) is 68.5 cm³/mol. The molecule has 0 aromatic carbocycles. The van der Waals surface area contributed by atoms with Crippen LogP contribution >= 0.6 is 0 Å². The van der Waals surface area contributed by atoms with Crippen LogP contribution in [-0.4, -0.2) is 32.3 Å². The molecular formula is C13H19N3O3. The van der Waals surface area contributed by atoms with Gasteiger partial charge in [0.2, 0.25) is 5.91 Å². The van der Waals surface area contributed by atoms with Gasteiger partial charge in [-0.25, -0.2) is 4.79 Å². The molecule has 19 heavy (non-hydrogen) atoms. The monoisotopic (exact) mass is 265 g/mol. The van der Waals surface area contributed by atoms with Crippen LogP contribution in [0.1, 0.15) is 45.1 Å². The summed E-state index contributed by atoms with van der Waals surface area (Å²) in [5, 5.41) is 16.2. The summed E-state index contributed by atoms with van der Waals surface area (Å²) in [5.74, 6) is -1.20. The molecule has 1 amide bonds. The molecular weight excluding hydrogens is 246 g/mol. The van der Waals surface area contributed by atoms with Gasteiger partial charge in [0.15, 0.2) is 0 Å². The molecule has 2 N–H and O–H groups in total. The number of carboxylic acid groups (broad SMARTS) is 1. The van der Waals surface area contributed by atoms with E-state index in [4.69, 9.17) is 0 Å². The Bertz CT molecular complexity index is 450. The Kier molecular flexibility index (Phi) is 3.87. The summed E-state index contributed by atoms with van der Waals surface area (Å²) in [5.41, 5.74) is -1.09. The molecule has 1 saturated carbocycles. The fourth-order valence-corrected chi connectivity index (χ4v) is 2.65. The number of nitrogens with one attached hydrogen (secondary N) is 1. The highest BCUT2D eigenvalue weighted by atomic mass is 16.4. The van der Waals surface area contributed by atoms with Gasteiger partial charge in [-0.05, 0) is 25.3 Å². The zero-order chi connectivity index (χ0) is 13.9. The Morgan fingerprint density at radius 1 is 1.47 bits per heavy atom. The van der Waals surface area contributed by atoms with Crippen molar-refractivity contribution in [1.82, 2.24) is 15.1 Å². The highest BCUT2D eigenvalue weighted by Gasteiger charge is 2.43. The molecule has 6 heteroatoms. The quantitative estimate of drug-likeness (QED) is 0.841. The summed E-state index contributed by atoms with van der Waals surface area (Å²) in [6.07, 6.45) is 6.58. The molecule has 1 fully saturated rings. The minimum Gasteiger partial charge on any atom is -0.480 e. The Labute approximate surface area is 111 Å². The van der Waals surface area contributed by atoms with E-state index in [-0.39, 0.29) is 5.91 Å². The minimum absolute atomic E-state index is 0.268. The zero-order valence-corrected chi connectivity index (χ0v) is 11.0. The lowest BCUT2D eigenvalue weighted by molar-refractivity contribution is -0.148. The van der Waals surface area contributed by atoms with Crippen molar-refractivity contribution in [3.05, 3.63) is 18.5 Å². The molecule has 1 aliphatic rings. The first kappa shape index (κ1) is 13.6. The summed E-state index contributed by atoms with van der Waals surface area (Å²) in [6.45, 7) is 1.88. The number of amides is 1. The first-order chi connectivity index (χ1) is 9.09. The number of aromatic nitrogens is 2. The topological polar surface area (TPSA) is 84.2 Å². The predicted octanol–water partition coefficient (Wildman–Crippen LogP) is 1.35. The van der Waals surface area contributed by atoms with Gasteiger partial charge in [-0.3, -0.25) is 9.48 Å². The maximum absolute atomic E-state index is 12.3. The van der Waals surface area contributed by atoms with Gasteiger partial charge in [-0.2, -0.15) is 5.10 Å². The summed E-state index contributed by atoms with van der Waals surface area (Å²) in [6, 6.07) is 1.30. The molecule has 0 spiro atoms. The number of rotatable bonds is 5. The van der Waals surface area contributed by atoms with Crippen LogP contribution in [0.15, 0.2) is 18.5 Å². The van der Waals surface area contributed by atoms with Crippen LogP contribution < -0.4 is 5.32 Å². The molecule has 1 heterocycles. The van der Waals surface area contributed by atoms with Crippen molar-refractivity contribution in [3.8, 4) is 0 Å². The number of carbonyl (C=O) groups is 2. The third kappa shape index (κ3) is 2.62. The van der Waals surface area contributed by atoms with Crippen LogP contribution in [0.4, 0.5) is 0 Å². The minimum atomic E-state index is -1.09. The SMILES string of the molecule is CCC(C(=O)NC1(C(=O)O)CCCC1)n1cccn1. The molecule has 1 unspecified atom stereocenters. The van der Waals surface area contributed by atoms with E-state index in [0.717, 1.165) is 12.8 Å². The summed E-state index contributed by atoms with van der Waals surface area (Å²) < 4.78 is 1.57. The lowest BCUT2D eigenvalue weighted by Crippen LogP contribution is -2.54. The van der Waals surface area contributed by atoms with E-state index in [1.54, 1.807) is 23.1 Å².